The average molecular weight is 318 g/mol. The van der Waals surface area contributed by atoms with Gasteiger partial charge in [-0.05, 0) is 38.6 Å². The van der Waals surface area contributed by atoms with Gasteiger partial charge in [-0.3, -0.25) is 4.79 Å². The molecule has 5 nitrogen and oxygen atoms in total. The summed E-state index contributed by atoms with van der Waals surface area (Å²) < 4.78 is 0. The minimum Gasteiger partial charge on any atom is -0.361 e. The molecule has 118 valence electrons. The van der Waals surface area contributed by atoms with E-state index >= 15 is 0 Å². The molecule has 1 aromatic rings. The number of nitriles is 1. The zero-order chi connectivity index (χ0) is 16.5. The smallest absolute Gasteiger partial charge is 0.258 e. The van der Waals surface area contributed by atoms with E-state index in [1.54, 1.807) is 6.92 Å². The van der Waals surface area contributed by atoms with Crippen LogP contribution in [0.15, 0.2) is 30.3 Å². The molecule has 0 aliphatic rings. The van der Waals surface area contributed by atoms with Gasteiger partial charge in [0.15, 0.2) is 11.3 Å². The minimum atomic E-state index is -0.569. The van der Waals surface area contributed by atoms with Crippen LogP contribution in [-0.2, 0) is 11.2 Å². The molecule has 0 saturated heterocycles. The van der Waals surface area contributed by atoms with Gasteiger partial charge in [-0.2, -0.15) is 5.26 Å². The Labute approximate surface area is 137 Å². The summed E-state index contributed by atoms with van der Waals surface area (Å²) in [6.07, 6.45) is 2.38. The zero-order valence-corrected chi connectivity index (χ0v) is 14.0. The second-order valence-electron chi connectivity index (χ2n) is 5.20. The van der Waals surface area contributed by atoms with Crippen molar-refractivity contribution in [2.45, 2.75) is 39.3 Å². The number of hydrogen-bond acceptors (Lipinski definition) is 3. The van der Waals surface area contributed by atoms with Gasteiger partial charge >= 0.3 is 0 Å². The lowest BCUT2D eigenvalue weighted by Gasteiger charge is -2.24. The summed E-state index contributed by atoms with van der Waals surface area (Å²) in [5.41, 5.74) is 1.01. The first-order valence-corrected chi connectivity index (χ1v) is 7.70. The third-order valence-electron chi connectivity index (χ3n) is 3.01. The topological polar surface area (TPSA) is 68.2 Å². The molecule has 1 unspecified atom stereocenters. The maximum absolute atomic E-state index is 12.5. The molecule has 0 heterocycles. The maximum atomic E-state index is 12.5. The first-order chi connectivity index (χ1) is 10.5. The molecule has 1 rings (SSSR count). The van der Waals surface area contributed by atoms with Crippen molar-refractivity contribution in [3.05, 3.63) is 35.9 Å². The van der Waals surface area contributed by atoms with Gasteiger partial charge in [0, 0.05) is 19.0 Å². The fourth-order valence-corrected chi connectivity index (χ4v) is 2.35. The van der Waals surface area contributed by atoms with Crippen LogP contribution >= 0.6 is 12.2 Å². The van der Waals surface area contributed by atoms with Crippen LogP contribution < -0.4 is 10.6 Å². The van der Waals surface area contributed by atoms with Crippen molar-refractivity contribution in [3.63, 3.8) is 0 Å². The fraction of sp³-hybridized carbons (Fsp3) is 0.438. The van der Waals surface area contributed by atoms with Gasteiger partial charge in [0.2, 0.25) is 0 Å². The van der Waals surface area contributed by atoms with Gasteiger partial charge in [-0.25, -0.2) is 4.90 Å². The van der Waals surface area contributed by atoms with E-state index in [4.69, 9.17) is 17.5 Å². The second-order valence-corrected chi connectivity index (χ2v) is 5.61. The average Bonchev–Trinajstić information content (AvgIpc) is 2.48. The lowest BCUT2D eigenvalue weighted by atomic mass is 10.0. The summed E-state index contributed by atoms with van der Waals surface area (Å²) >= 11 is 5.23. The molecule has 0 aromatic heterocycles. The van der Waals surface area contributed by atoms with Crippen LogP contribution in [0, 0.1) is 11.5 Å². The number of carbonyl (C=O) groups excluding carboxylic acids is 1. The van der Waals surface area contributed by atoms with Gasteiger partial charge in [0.1, 0.15) is 6.04 Å². The fourth-order valence-electron chi connectivity index (χ4n) is 1.98. The summed E-state index contributed by atoms with van der Waals surface area (Å²) in [4.78, 5) is 13.6. The molecule has 0 aliphatic carbocycles. The molecule has 6 heteroatoms. The van der Waals surface area contributed by atoms with E-state index in [1.165, 1.54) is 0 Å². The van der Waals surface area contributed by atoms with E-state index in [2.05, 4.69) is 10.6 Å². The second kappa shape index (κ2) is 9.00. The van der Waals surface area contributed by atoms with Crippen molar-refractivity contribution in [1.82, 2.24) is 15.5 Å². The summed E-state index contributed by atoms with van der Waals surface area (Å²) in [5.74, 6) is -0.276. The molecular formula is C16H22N4OS. The monoisotopic (exact) mass is 318 g/mol. The number of nitrogens with one attached hydrogen (secondary N) is 2. The summed E-state index contributed by atoms with van der Waals surface area (Å²) in [5, 5.41) is 15.6. The lowest BCUT2D eigenvalue weighted by Crippen LogP contribution is -2.52. The van der Waals surface area contributed by atoms with Crippen LogP contribution in [0.25, 0.3) is 0 Å². The maximum Gasteiger partial charge on any atom is 0.258 e. The van der Waals surface area contributed by atoms with E-state index in [-0.39, 0.29) is 11.9 Å². The molecule has 0 saturated carbocycles. The number of thiocarbonyl (C=S) groups is 1. The highest BCUT2D eigenvalue weighted by Crippen LogP contribution is 2.06. The van der Waals surface area contributed by atoms with Crippen LogP contribution in [0.4, 0.5) is 0 Å². The van der Waals surface area contributed by atoms with Gasteiger partial charge in [0.05, 0.1) is 0 Å². The Hall–Kier alpha value is -2.13. The normalized spacial score (nSPS) is 11.4. The molecule has 0 bridgehead atoms. The third-order valence-corrected chi connectivity index (χ3v) is 3.24. The molecule has 0 radical (unpaired) electrons. The lowest BCUT2D eigenvalue weighted by molar-refractivity contribution is -0.129. The van der Waals surface area contributed by atoms with Crippen LogP contribution in [0.5, 0.6) is 0 Å². The Morgan fingerprint density at radius 3 is 2.45 bits per heavy atom. The number of hydrogen-bond donors (Lipinski definition) is 2. The molecule has 22 heavy (non-hydrogen) atoms. The molecule has 1 amide bonds. The predicted molar refractivity (Wildman–Crippen MR) is 90.9 cm³/mol. The molecule has 0 aliphatic heterocycles. The SMILES string of the molecule is CCN(C#N)C(=O)C(Cc1ccccc1)NC(=S)NC(C)C. The number of nitrogens with zero attached hydrogens (tertiary/aromatic N) is 2. The Balaban J connectivity index is 2.87. The Kier molecular flexibility index (Phi) is 7.33. The van der Waals surface area contributed by atoms with Crippen molar-refractivity contribution in [1.29, 1.82) is 5.26 Å². The van der Waals surface area contributed by atoms with Gasteiger partial charge in [-0.1, -0.05) is 30.3 Å². The number of rotatable bonds is 6. The van der Waals surface area contributed by atoms with Gasteiger partial charge in [0.25, 0.3) is 5.91 Å². The Morgan fingerprint density at radius 1 is 1.32 bits per heavy atom. The standard InChI is InChI=1S/C16H22N4OS/c1-4-20(11-17)15(21)14(19-16(22)18-12(2)3)10-13-8-6-5-7-9-13/h5-9,12,14H,4,10H2,1-3H3,(H2,18,19,22). The third kappa shape index (κ3) is 5.70. The molecular weight excluding hydrogens is 296 g/mol. The van der Waals surface area contributed by atoms with Crippen molar-refractivity contribution in [2.24, 2.45) is 0 Å². The van der Waals surface area contributed by atoms with E-state index < -0.39 is 6.04 Å². The quantitative estimate of drug-likeness (QED) is 0.475. The van der Waals surface area contributed by atoms with Crippen LogP contribution in [0.2, 0.25) is 0 Å². The zero-order valence-electron chi connectivity index (χ0n) is 13.2. The van der Waals surface area contributed by atoms with Crippen LogP contribution in [0.1, 0.15) is 26.3 Å². The summed E-state index contributed by atoms with van der Waals surface area (Å²) in [7, 11) is 0. The molecule has 2 N–H and O–H groups in total. The molecule has 0 spiro atoms. The van der Waals surface area contributed by atoms with Crippen LogP contribution in [0.3, 0.4) is 0 Å². The number of benzene rings is 1. The largest absolute Gasteiger partial charge is 0.361 e. The van der Waals surface area contributed by atoms with Gasteiger partial charge < -0.3 is 10.6 Å². The molecule has 0 fully saturated rings. The minimum absolute atomic E-state index is 0.172. The van der Waals surface area contributed by atoms with Crippen molar-refractivity contribution in [3.8, 4) is 6.19 Å². The van der Waals surface area contributed by atoms with Crippen molar-refractivity contribution >= 4 is 23.2 Å². The Morgan fingerprint density at radius 2 is 1.95 bits per heavy atom. The highest BCUT2D eigenvalue weighted by atomic mass is 32.1. The van der Waals surface area contributed by atoms with E-state index in [0.717, 1.165) is 10.5 Å². The van der Waals surface area contributed by atoms with Crippen molar-refractivity contribution < 1.29 is 4.79 Å². The summed E-state index contributed by atoms with van der Waals surface area (Å²) in [6.45, 7) is 6.04. The van der Waals surface area contributed by atoms with Gasteiger partial charge in [-0.15, -0.1) is 0 Å². The van der Waals surface area contributed by atoms with E-state index in [0.29, 0.717) is 18.1 Å². The first kappa shape index (κ1) is 17.9. The number of amides is 1. The summed E-state index contributed by atoms with van der Waals surface area (Å²) in [6, 6.07) is 9.26. The van der Waals surface area contributed by atoms with E-state index in [9.17, 15) is 4.79 Å². The highest BCUT2D eigenvalue weighted by Gasteiger charge is 2.24. The first-order valence-electron chi connectivity index (χ1n) is 7.30. The molecule has 1 atom stereocenters. The predicted octanol–water partition coefficient (Wildman–Crippen LogP) is 1.80. The number of carbonyl (C=O) groups is 1. The number of likely N-dealkylation sites (N-methyl/N-ethyl adjacent to an activating group) is 1. The van der Waals surface area contributed by atoms with Crippen LogP contribution in [-0.4, -0.2) is 34.5 Å². The molecule has 1 aromatic carbocycles. The highest BCUT2D eigenvalue weighted by molar-refractivity contribution is 7.80. The van der Waals surface area contributed by atoms with Crippen molar-refractivity contribution in [2.75, 3.05) is 6.54 Å². The van der Waals surface area contributed by atoms with E-state index in [1.807, 2.05) is 50.4 Å². The Bertz CT molecular complexity index is 539.